The number of para-hydroxylation sites is 1. The maximum atomic E-state index is 13.0. The van der Waals surface area contributed by atoms with Crippen LogP contribution in [0.25, 0.3) is 11.8 Å². The van der Waals surface area contributed by atoms with Gasteiger partial charge in [0.25, 0.3) is 5.91 Å². The number of urea groups is 1. The Bertz CT molecular complexity index is 1020. The van der Waals surface area contributed by atoms with Gasteiger partial charge in [0.1, 0.15) is 11.5 Å². The monoisotopic (exact) mass is 361 g/mol. The summed E-state index contributed by atoms with van der Waals surface area (Å²) in [7, 11) is 0. The molecule has 4 rings (SSSR count). The number of hydrogen-bond donors (Lipinski definition) is 1. The van der Waals surface area contributed by atoms with Crippen LogP contribution in [0.2, 0.25) is 0 Å². The van der Waals surface area contributed by atoms with Gasteiger partial charge in [-0.2, -0.15) is 0 Å². The zero-order valence-corrected chi connectivity index (χ0v) is 14.3. The van der Waals surface area contributed by atoms with Crippen molar-refractivity contribution in [2.45, 2.75) is 6.54 Å². The van der Waals surface area contributed by atoms with Gasteiger partial charge in [0, 0.05) is 17.6 Å². The van der Waals surface area contributed by atoms with Crippen molar-refractivity contribution in [1.29, 1.82) is 0 Å². The zero-order valence-electron chi connectivity index (χ0n) is 14.3. The normalized spacial score (nSPS) is 15.4. The van der Waals surface area contributed by atoms with E-state index in [9.17, 15) is 14.0 Å². The first-order valence-electron chi connectivity index (χ1n) is 8.43. The fraction of sp³-hybridized carbons (Fsp3) is 0.0476. The number of carbonyl (C=O) groups is 2. The van der Waals surface area contributed by atoms with Gasteiger partial charge in [-0.15, -0.1) is 0 Å². The fourth-order valence-electron chi connectivity index (χ4n) is 2.97. The van der Waals surface area contributed by atoms with E-state index in [1.54, 1.807) is 18.2 Å². The SMILES string of the molecule is O=C1NC(=Cc2cccn2-c2ccccc2)C(=O)N1Cc1ccc(F)cc1. The van der Waals surface area contributed by atoms with E-state index in [-0.39, 0.29) is 18.1 Å². The third kappa shape index (κ3) is 3.37. The average Bonchev–Trinajstić information content (AvgIpc) is 3.24. The fourth-order valence-corrected chi connectivity index (χ4v) is 2.97. The highest BCUT2D eigenvalue weighted by Gasteiger charge is 2.33. The molecular formula is C21H16FN3O2. The lowest BCUT2D eigenvalue weighted by molar-refractivity contribution is -0.123. The van der Waals surface area contributed by atoms with E-state index in [4.69, 9.17) is 0 Å². The lowest BCUT2D eigenvalue weighted by Crippen LogP contribution is -2.30. The molecule has 134 valence electrons. The standard InChI is InChI=1S/C21H16FN3O2/c22-16-10-8-15(9-11-16)14-25-20(26)19(23-21(25)27)13-18-7-4-12-24(18)17-5-2-1-3-6-17/h1-13H,14H2,(H,23,27). The number of aromatic nitrogens is 1. The first-order valence-corrected chi connectivity index (χ1v) is 8.43. The quantitative estimate of drug-likeness (QED) is 0.569. The van der Waals surface area contributed by atoms with Gasteiger partial charge >= 0.3 is 6.03 Å². The lowest BCUT2D eigenvalue weighted by atomic mass is 10.2. The Labute approximate surface area is 155 Å². The van der Waals surface area contributed by atoms with Gasteiger partial charge in [0.15, 0.2) is 0 Å². The summed E-state index contributed by atoms with van der Waals surface area (Å²) in [4.78, 5) is 26.0. The largest absolute Gasteiger partial charge is 0.329 e. The molecule has 1 saturated heterocycles. The van der Waals surface area contributed by atoms with Crippen molar-refractivity contribution in [3.8, 4) is 5.69 Å². The summed E-state index contributed by atoms with van der Waals surface area (Å²) in [6, 6.07) is 18.7. The highest BCUT2D eigenvalue weighted by atomic mass is 19.1. The molecule has 3 aromatic rings. The number of hydrogen-bond acceptors (Lipinski definition) is 2. The summed E-state index contributed by atoms with van der Waals surface area (Å²) in [5, 5.41) is 2.61. The molecule has 1 aliphatic heterocycles. The van der Waals surface area contributed by atoms with Crippen molar-refractivity contribution < 1.29 is 14.0 Å². The van der Waals surface area contributed by atoms with Crippen molar-refractivity contribution in [2.24, 2.45) is 0 Å². The van der Waals surface area contributed by atoms with Crippen LogP contribution >= 0.6 is 0 Å². The zero-order chi connectivity index (χ0) is 18.8. The number of carbonyl (C=O) groups excluding carboxylic acids is 2. The summed E-state index contributed by atoms with van der Waals surface area (Å²) in [6.45, 7) is 0.0853. The number of amides is 3. The molecule has 6 heteroatoms. The van der Waals surface area contributed by atoms with Crippen LogP contribution in [0.4, 0.5) is 9.18 Å². The molecule has 1 aromatic heterocycles. The Morgan fingerprint density at radius 3 is 2.41 bits per heavy atom. The molecular weight excluding hydrogens is 345 g/mol. The number of nitrogens with zero attached hydrogens (tertiary/aromatic N) is 2. The third-order valence-corrected chi connectivity index (χ3v) is 4.32. The molecule has 0 atom stereocenters. The molecule has 1 N–H and O–H groups in total. The summed E-state index contributed by atoms with van der Waals surface area (Å²) in [5.41, 5.74) is 2.61. The van der Waals surface area contributed by atoms with E-state index in [1.165, 1.54) is 12.1 Å². The van der Waals surface area contributed by atoms with E-state index in [1.807, 2.05) is 53.2 Å². The molecule has 1 fully saturated rings. The predicted octanol–water partition coefficient (Wildman–Crippen LogP) is 3.71. The van der Waals surface area contributed by atoms with Crippen molar-refractivity contribution in [3.05, 3.63) is 95.7 Å². The minimum absolute atomic E-state index is 0.0853. The first-order chi connectivity index (χ1) is 13.1. The number of imide groups is 1. The van der Waals surface area contributed by atoms with Gasteiger partial charge in [-0.3, -0.25) is 9.69 Å². The maximum absolute atomic E-state index is 13.0. The Morgan fingerprint density at radius 2 is 1.67 bits per heavy atom. The summed E-state index contributed by atoms with van der Waals surface area (Å²) in [6.07, 6.45) is 3.54. The molecule has 5 nitrogen and oxygen atoms in total. The van der Waals surface area contributed by atoms with Crippen molar-refractivity contribution in [1.82, 2.24) is 14.8 Å². The van der Waals surface area contributed by atoms with E-state index in [0.29, 0.717) is 5.56 Å². The van der Waals surface area contributed by atoms with Crippen LogP contribution in [0.15, 0.2) is 78.6 Å². The molecule has 0 aliphatic carbocycles. The molecule has 0 saturated carbocycles. The Kier molecular flexibility index (Phi) is 4.30. The molecule has 27 heavy (non-hydrogen) atoms. The predicted molar refractivity (Wildman–Crippen MR) is 99.2 cm³/mol. The number of rotatable bonds is 4. The topological polar surface area (TPSA) is 54.3 Å². The van der Waals surface area contributed by atoms with Gasteiger partial charge in [-0.1, -0.05) is 30.3 Å². The molecule has 0 radical (unpaired) electrons. The van der Waals surface area contributed by atoms with Crippen LogP contribution in [0, 0.1) is 5.82 Å². The van der Waals surface area contributed by atoms with Crippen LogP contribution in [0.5, 0.6) is 0 Å². The molecule has 0 bridgehead atoms. The van der Waals surface area contributed by atoms with Crippen LogP contribution in [0.3, 0.4) is 0 Å². The van der Waals surface area contributed by atoms with Gasteiger partial charge in [-0.05, 0) is 48.0 Å². The van der Waals surface area contributed by atoms with Gasteiger partial charge in [0.2, 0.25) is 0 Å². The Balaban J connectivity index is 1.59. The smallest absolute Gasteiger partial charge is 0.317 e. The maximum Gasteiger partial charge on any atom is 0.329 e. The Hall–Kier alpha value is -3.67. The van der Waals surface area contributed by atoms with Gasteiger partial charge in [0.05, 0.1) is 6.54 Å². The second kappa shape index (κ2) is 6.92. The second-order valence-corrected chi connectivity index (χ2v) is 6.14. The second-order valence-electron chi connectivity index (χ2n) is 6.14. The van der Waals surface area contributed by atoms with E-state index < -0.39 is 11.9 Å². The van der Waals surface area contributed by atoms with Crippen LogP contribution in [-0.4, -0.2) is 21.4 Å². The highest BCUT2D eigenvalue weighted by molar-refractivity contribution is 6.13. The highest BCUT2D eigenvalue weighted by Crippen LogP contribution is 2.19. The summed E-state index contributed by atoms with van der Waals surface area (Å²) < 4.78 is 15.0. The third-order valence-electron chi connectivity index (χ3n) is 4.32. The molecule has 0 spiro atoms. The van der Waals surface area contributed by atoms with Crippen molar-refractivity contribution >= 4 is 18.0 Å². The minimum atomic E-state index is -0.492. The summed E-state index contributed by atoms with van der Waals surface area (Å²) in [5.74, 6) is -0.775. The van der Waals surface area contributed by atoms with Crippen molar-refractivity contribution in [3.63, 3.8) is 0 Å². The van der Waals surface area contributed by atoms with Crippen LogP contribution in [0.1, 0.15) is 11.3 Å². The number of halogens is 1. The van der Waals surface area contributed by atoms with Gasteiger partial charge < -0.3 is 9.88 Å². The summed E-state index contributed by atoms with van der Waals surface area (Å²) >= 11 is 0. The van der Waals surface area contributed by atoms with E-state index in [2.05, 4.69) is 5.32 Å². The van der Waals surface area contributed by atoms with E-state index in [0.717, 1.165) is 16.3 Å². The molecule has 2 heterocycles. The Morgan fingerprint density at radius 1 is 0.926 bits per heavy atom. The first kappa shape index (κ1) is 16.8. The molecule has 0 unspecified atom stereocenters. The van der Waals surface area contributed by atoms with Crippen LogP contribution < -0.4 is 5.32 Å². The van der Waals surface area contributed by atoms with Crippen molar-refractivity contribution in [2.75, 3.05) is 0 Å². The molecule has 1 aliphatic rings. The minimum Gasteiger partial charge on any atom is -0.317 e. The van der Waals surface area contributed by atoms with E-state index >= 15 is 0 Å². The molecule has 3 amide bonds. The van der Waals surface area contributed by atoms with Gasteiger partial charge in [-0.25, -0.2) is 9.18 Å². The number of nitrogens with one attached hydrogen (secondary N) is 1. The lowest BCUT2D eigenvalue weighted by Gasteiger charge is -2.11. The molecule has 2 aromatic carbocycles. The number of benzene rings is 2. The average molecular weight is 361 g/mol. The van der Waals surface area contributed by atoms with Crippen LogP contribution in [-0.2, 0) is 11.3 Å².